The van der Waals surface area contributed by atoms with Crippen LogP contribution in [0.15, 0.2) is 47.2 Å². The molecule has 0 aliphatic heterocycles. The third-order valence-corrected chi connectivity index (χ3v) is 3.20. The van der Waals surface area contributed by atoms with Crippen molar-refractivity contribution < 1.29 is 4.39 Å². The number of nitrogens with one attached hydrogen (secondary N) is 1. The normalized spacial score (nSPS) is 12.4. The van der Waals surface area contributed by atoms with Crippen LogP contribution in [-0.2, 0) is 6.54 Å². The third kappa shape index (κ3) is 3.62. The first-order chi connectivity index (χ1) is 8.65. The Labute approximate surface area is 114 Å². The topological polar surface area (TPSA) is 24.9 Å². The van der Waals surface area contributed by atoms with Gasteiger partial charge in [0, 0.05) is 29.5 Å². The van der Waals surface area contributed by atoms with Crippen LogP contribution >= 0.6 is 15.9 Å². The van der Waals surface area contributed by atoms with E-state index in [4.69, 9.17) is 0 Å². The highest BCUT2D eigenvalue weighted by atomic mass is 79.9. The molecule has 0 fully saturated rings. The summed E-state index contributed by atoms with van der Waals surface area (Å²) in [5.74, 6) is -0.224. The second-order valence-electron chi connectivity index (χ2n) is 4.16. The van der Waals surface area contributed by atoms with Gasteiger partial charge in [0.05, 0.1) is 0 Å². The van der Waals surface area contributed by atoms with Gasteiger partial charge >= 0.3 is 0 Å². The molecule has 1 heterocycles. The van der Waals surface area contributed by atoms with E-state index >= 15 is 0 Å². The van der Waals surface area contributed by atoms with Crippen LogP contribution in [0.1, 0.15) is 24.1 Å². The summed E-state index contributed by atoms with van der Waals surface area (Å²) < 4.78 is 14.0. The van der Waals surface area contributed by atoms with E-state index in [1.54, 1.807) is 12.4 Å². The fourth-order valence-corrected chi connectivity index (χ4v) is 2.27. The van der Waals surface area contributed by atoms with Gasteiger partial charge in [0.1, 0.15) is 5.82 Å². The van der Waals surface area contributed by atoms with E-state index in [2.05, 4.69) is 33.2 Å². The fraction of sp³-hybridized carbons (Fsp3) is 0.214. The molecule has 0 spiro atoms. The van der Waals surface area contributed by atoms with E-state index in [0.717, 1.165) is 10.0 Å². The molecule has 0 saturated carbocycles. The molecule has 0 aliphatic carbocycles. The Kier molecular flexibility index (Phi) is 4.44. The molecule has 1 aromatic heterocycles. The number of hydrogen-bond donors (Lipinski definition) is 1. The number of hydrogen-bond acceptors (Lipinski definition) is 2. The van der Waals surface area contributed by atoms with E-state index < -0.39 is 0 Å². The lowest BCUT2D eigenvalue weighted by Gasteiger charge is -2.14. The predicted octanol–water partition coefficient (Wildman–Crippen LogP) is 3.83. The van der Waals surface area contributed by atoms with E-state index in [9.17, 15) is 4.39 Å². The predicted molar refractivity (Wildman–Crippen MR) is 73.6 cm³/mol. The maximum absolute atomic E-state index is 13.2. The third-order valence-electron chi connectivity index (χ3n) is 2.74. The smallest absolute Gasteiger partial charge is 0.124 e. The van der Waals surface area contributed by atoms with Crippen molar-refractivity contribution in [3.8, 4) is 0 Å². The molecule has 1 N–H and O–H groups in total. The summed E-state index contributed by atoms with van der Waals surface area (Å²) in [6.45, 7) is 2.70. The maximum atomic E-state index is 13.2. The van der Waals surface area contributed by atoms with E-state index in [1.807, 2.05) is 18.2 Å². The average molecular weight is 309 g/mol. The summed E-state index contributed by atoms with van der Waals surface area (Å²) in [6, 6.07) is 9.05. The Morgan fingerprint density at radius 3 is 2.67 bits per heavy atom. The summed E-state index contributed by atoms with van der Waals surface area (Å²) in [4.78, 5) is 3.99. The van der Waals surface area contributed by atoms with Crippen molar-refractivity contribution >= 4 is 15.9 Å². The molecule has 0 amide bonds. The van der Waals surface area contributed by atoms with Crippen LogP contribution in [-0.4, -0.2) is 4.98 Å². The zero-order valence-electron chi connectivity index (χ0n) is 10.0. The molecule has 0 saturated heterocycles. The Balaban J connectivity index is 1.99. The van der Waals surface area contributed by atoms with Crippen LogP contribution in [0.25, 0.3) is 0 Å². The highest BCUT2D eigenvalue weighted by Gasteiger charge is 2.05. The Morgan fingerprint density at radius 2 is 2.00 bits per heavy atom. The second-order valence-corrected chi connectivity index (χ2v) is 5.08. The molecule has 2 nitrogen and oxygen atoms in total. The summed E-state index contributed by atoms with van der Waals surface area (Å²) in [6.07, 6.45) is 3.54. The highest BCUT2D eigenvalue weighted by molar-refractivity contribution is 9.10. The molecular formula is C14H14BrFN2. The molecule has 1 atom stereocenters. The zero-order valence-corrected chi connectivity index (χ0v) is 11.6. The Hall–Kier alpha value is -1.26. The number of benzene rings is 1. The van der Waals surface area contributed by atoms with Gasteiger partial charge in [-0.1, -0.05) is 15.9 Å². The molecular weight excluding hydrogens is 295 g/mol. The van der Waals surface area contributed by atoms with Gasteiger partial charge in [0.2, 0.25) is 0 Å². The van der Waals surface area contributed by atoms with Gasteiger partial charge in [-0.25, -0.2) is 4.39 Å². The number of pyridine rings is 1. The van der Waals surface area contributed by atoms with Crippen LogP contribution in [0, 0.1) is 5.82 Å². The van der Waals surface area contributed by atoms with Crippen molar-refractivity contribution in [2.75, 3.05) is 0 Å². The number of rotatable bonds is 4. The largest absolute Gasteiger partial charge is 0.306 e. The van der Waals surface area contributed by atoms with Gasteiger partial charge < -0.3 is 5.32 Å². The van der Waals surface area contributed by atoms with Gasteiger partial charge in [-0.2, -0.15) is 0 Å². The quantitative estimate of drug-likeness (QED) is 0.928. The SMILES string of the molecule is C[C@@H](NCc1cc(F)cc(Br)c1)c1ccncc1. The maximum Gasteiger partial charge on any atom is 0.124 e. The monoisotopic (exact) mass is 308 g/mol. The van der Waals surface area contributed by atoms with Crippen molar-refractivity contribution in [1.29, 1.82) is 0 Å². The zero-order chi connectivity index (χ0) is 13.0. The van der Waals surface area contributed by atoms with Crippen molar-refractivity contribution in [2.45, 2.75) is 19.5 Å². The minimum atomic E-state index is -0.224. The first-order valence-corrected chi connectivity index (χ1v) is 6.53. The molecule has 18 heavy (non-hydrogen) atoms. The fourth-order valence-electron chi connectivity index (χ4n) is 1.75. The van der Waals surface area contributed by atoms with Crippen molar-refractivity contribution in [3.05, 3.63) is 64.1 Å². The van der Waals surface area contributed by atoms with Gasteiger partial charge in [-0.15, -0.1) is 0 Å². The van der Waals surface area contributed by atoms with Crippen LogP contribution in [0.3, 0.4) is 0 Å². The molecule has 0 bridgehead atoms. The first-order valence-electron chi connectivity index (χ1n) is 5.73. The van der Waals surface area contributed by atoms with Crippen molar-refractivity contribution in [1.82, 2.24) is 10.3 Å². The molecule has 94 valence electrons. The van der Waals surface area contributed by atoms with Crippen LogP contribution in [0.2, 0.25) is 0 Å². The number of halogens is 2. The van der Waals surface area contributed by atoms with Crippen LogP contribution in [0.5, 0.6) is 0 Å². The van der Waals surface area contributed by atoms with E-state index in [0.29, 0.717) is 6.54 Å². The Bertz CT molecular complexity index is 496. The molecule has 2 aromatic rings. The van der Waals surface area contributed by atoms with Gasteiger partial charge in [0.15, 0.2) is 0 Å². The molecule has 0 unspecified atom stereocenters. The molecule has 1 aromatic carbocycles. The number of nitrogens with zero attached hydrogens (tertiary/aromatic N) is 1. The van der Waals surface area contributed by atoms with Crippen molar-refractivity contribution in [2.24, 2.45) is 0 Å². The lowest BCUT2D eigenvalue weighted by Crippen LogP contribution is -2.18. The van der Waals surface area contributed by atoms with Crippen molar-refractivity contribution in [3.63, 3.8) is 0 Å². The lowest BCUT2D eigenvalue weighted by atomic mass is 10.1. The summed E-state index contributed by atoms with van der Waals surface area (Å²) >= 11 is 3.29. The minimum absolute atomic E-state index is 0.204. The first kappa shape index (κ1) is 13.2. The van der Waals surface area contributed by atoms with Gasteiger partial charge in [0.25, 0.3) is 0 Å². The molecule has 4 heteroatoms. The van der Waals surface area contributed by atoms with Crippen LogP contribution in [0.4, 0.5) is 4.39 Å². The average Bonchev–Trinajstić information content (AvgIpc) is 2.36. The van der Waals surface area contributed by atoms with E-state index in [1.165, 1.54) is 17.7 Å². The Morgan fingerprint density at radius 1 is 1.28 bits per heavy atom. The molecule has 0 aliphatic rings. The minimum Gasteiger partial charge on any atom is -0.306 e. The highest BCUT2D eigenvalue weighted by Crippen LogP contribution is 2.16. The summed E-state index contributed by atoms with van der Waals surface area (Å²) in [5.41, 5.74) is 2.09. The van der Waals surface area contributed by atoms with Gasteiger partial charge in [-0.05, 0) is 48.4 Å². The summed E-state index contributed by atoms with van der Waals surface area (Å²) in [7, 11) is 0. The lowest BCUT2D eigenvalue weighted by molar-refractivity contribution is 0.568. The number of aromatic nitrogens is 1. The standard InChI is InChI=1S/C14H14BrFN2/c1-10(12-2-4-17-5-3-12)18-9-11-6-13(15)8-14(16)7-11/h2-8,10,18H,9H2,1H3/t10-/m1/s1. The molecule has 2 rings (SSSR count). The summed E-state index contributed by atoms with van der Waals surface area (Å²) in [5, 5.41) is 3.35. The van der Waals surface area contributed by atoms with Crippen LogP contribution < -0.4 is 5.32 Å². The second kappa shape index (κ2) is 6.07. The molecule has 0 radical (unpaired) electrons. The van der Waals surface area contributed by atoms with Gasteiger partial charge in [-0.3, -0.25) is 4.98 Å². The van der Waals surface area contributed by atoms with E-state index in [-0.39, 0.29) is 11.9 Å².